The van der Waals surface area contributed by atoms with Gasteiger partial charge in [0.2, 0.25) is 5.91 Å². The smallest absolute Gasteiger partial charge is 0.341 e. The predicted octanol–water partition coefficient (Wildman–Crippen LogP) is 4.19. The summed E-state index contributed by atoms with van der Waals surface area (Å²) < 4.78 is 4.90. The van der Waals surface area contributed by atoms with E-state index in [0.29, 0.717) is 28.1 Å². The van der Waals surface area contributed by atoms with Crippen LogP contribution < -0.4 is 5.32 Å². The summed E-state index contributed by atoms with van der Waals surface area (Å²) in [5.41, 5.74) is 2.02. The first-order chi connectivity index (χ1) is 15.3. The largest absolute Gasteiger partial charge is 0.465 e. The summed E-state index contributed by atoms with van der Waals surface area (Å²) in [4.78, 5) is 53.3. The minimum absolute atomic E-state index is 0.130. The Bertz CT molecular complexity index is 1070. The van der Waals surface area contributed by atoms with Gasteiger partial charge in [-0.3, -0.25) is 19.3 Å². The number of amides is 3. The van der Waals surface area contributed by atoms with E-state index in [-0.39, 0.29) is 36.1 Å². The number of ether oxygens (including phenoxy) is 1. The molecule has 0 spiro atoms. The zero-order valence-corrected chi connectivity index (χ0v) is 19.2. The molecule has 3 amide bonds. The van der Waals surface area contributed by atoms with Gasteiger partial charge in [0, 0.05) is 17.3 Å². The number of esters is 1. The second-order valence-corrected chi connectivity index (χ2v) is 9.61. The number of carbonyl (C=O) groups excluding carboxylic acids is 4. The number of aryl methyl sites for hydroxylation is 1. The van der Waals surface area contributed by atoms with Crippen molar-refractivity contribution in [2.45, 2.75) is 39.5 Å². The third-order valence-corrected chi connectivity index (χ3v) is 7.68. The second-order valence-electron chi connectivity index (χ2n) is 8.39. The van der Waals surface area contributed by atoms with E-state index >= 15 is 0 Å². The molecule has 168 valence electrons. The van der Waals surface area contributed by atoms with E-state index in [1.54, 1.807) is 24.3 Å². The maximum Gasteiger partial charge on any atom is 0.341 e. The third kappa shape index (κ3) is 3.83. The number of hydrogen-bond acceptors (Lipinski definition) is 6. The number of hydrogen-bond donors (Lipinski definition) is 1. The fourth-order valence-corrected chi connectivity index (χ4v) is 5.73. The minimum Gasteiger partial charge on any atom is -0.465 e. The van der Waals surface area contributed by atoms with Gasteiger partial charge in [0.05, 0.1) is 23.8 Å². The van der Waals surface area contributed by atoms with E-state index in [0.717, 1.165) is 29.7 Å². The molecule has 0 radical (unpaired) electrons. The number of nitrogens with zero attached hydrogens (tertiary/aromatic N) is 1. The summed E-state index contributed by atoms with van der Waals surface area (Å²) in [5, 5.41) is 3.43. The average Bonchev–Trinajstić information content (AvgIpc) is 3.21. The summed E-state index contributed by atoms with van der Waals surface area (Å²) in [6.45, 7) is 3.95. The number of rotatable bonds is 5. The molecule has 2 aliphatic rings. The van der Waals surface area contributed by atoms with Gasteiger partial charge in [0.15, 0.2) is 0 Å². The van der Waals surface area contributed by atoms with Crippen LogP contribution in [-0.4, -0.2) is 42.2 Å². The Kier molecular flexibility index (Phi) is 6.15. The molecule has 1 fully saturated rings. The van der Waals surface area contributed by atoms with Gasteiger partial charge in [0.1, 0.15) is 5.00 Å². The average molecular weight is 455 g/mol. The number of methoxy groups -OCH3 is 1. The van der Waals surface area contributed by atoms with Crippen molar-refractivity contribution in [2.24, 2.45) is 11.8 Å². The number of nitrogens with one attached hydrogen (secondary N) is 1. The molecule has 2 atom stereocenters. The Hall–Kier alpha value is -3.00. The van der Waals surface area contributed by atoms with Gasteiger partial charge < -0.3 is 10.1 Å². The van der Waals surface area contributed by atoms with Gasteiger partial charge in [-0.25, -0.2) is 4.79 Å². The van der Waals surface area contributed by atoms with E-state index in [4.69, 9.17) is 4.74 Å². The molecule has 2 heterocycles. The highest BCUT2D eigenvalue weighted by Gasteiger charge is 2.40. The number of anilines is 1. The van der Waals surface area contributed by atoms with E-state index in [9.17, 15) is 19.2 Å². The summed E-state index contributed by atoms with van der Waals surface area (Å²) in [6.07, 6.45) is 3.29. The number of thiophene rings is 1. The molecule has 1 aliphatic heterocycles. The van der Waals surface area contributed by atoms with E-state index in [1.165, 1.54) is 23.3 Å². The van der Waals surface area contributed by atoms with Gasteiger partial charge in [-0.1, -0.05) is 25.0 Å². The molecule has 1 aliphatic carbocycles. The Morgan fingerprint density at radius 1 is 1.09 bits per heavy atom. The lowest BCUT2D eigenvalue weighted by Crippen LogP contribution is -2.41. The molecule has 1 saturated carbocycles. The molecule has 0 bridgehead atoms. The van der Waals surface area contributed by atoms with Crippen molar-refractivity contribution >= 4 is 40.0 Å². The first-order valence-corrected chi connectivity index (χ1v) is 11.6. The molecular weight excluding hydrogens is 428 g/mol. The van der Waals surface area contributed by atoms with Gasteiger partial charge in [-0.2, -0.15) is 0 Å². The molecule has 2 unspecified atom stereocenters. The number of imide groups is 1. The minimum atomic E-state index is -0.478. The normalized spacial score (nSPS) is 20.3. The summed E-state index contributed by atoms with van der Waals surface area (Å²) in [6, 6.07) is 6.81. The molecule has 32 heavy (non-hydrogen) atoms. The standard InChI is InChI=1S/C24H26N2O5S/c1-13-14(2)32-21(19(13)24(30)31-3)25-20(27)16-9-5-4-8-15(16)12-26-22(28)17-10-6-7-11-18(17)23(26)29/h6-7,10-11,15-16H,4-5,8-9,12H2,1-3H3,(H,25,27). The highest BCUT2D eigenvalue weighted by atomic mass is 32.1. The summed E-state index contributed by atoms with van der Waals surface area (Å²) in [5.74, 6) is -1.73. The maximum atomic E-state index is 13.3. The van der Waals surface area contributed by atoms with Crippen molar-refractivity contribution in [2.75, 3.05) is 19.0 Å². The lowest BCUT2D eigenvalue weighted by atomic mass is 9.78. The molecule has 1 aromatic heterocycles. The van der Waals surface area contributed by atoms with Crippen molar-refractivity contribution in [1.29, 1.82) is 0 Å². The van der Waals surface area contributed by atoms with Crippen LogP contribution in [0.25, 0.3) is 0 Å². The van der Waals surface area contributed by atoms with Gasteiger partial charge in [0.25, 0.3) is 11.8 Å². The first-order valence-electron chi connectivity index (χ1n) is 10.8. The zero-order valence-electron chi connectivity index (χ0n) is 18.4. The molecule has 2 aromatic rings. The highest BCUT2D eigenvalue weighted by molar-refractivity contribution is 7.16. The highest BCUT2D eigenvalue weighted by Crippen LogP contribution is 2.37. The third-order valence-electron chi connectivity index (χ3n) is 6.55. The Morgan fingerprint density at radius 2 is 1.72 bits per heavy atom. The van der Waals surface area contributed by atoms with Crippen LogP contribution in [0.4, 0.5) is 5.00 Å². The van der Waals surface area contributed by atoms with Crippen LogP contribution in [-0.2, 0) is 9.53 Å². The molecule has 0 saturated heterocycles. The Labute approximate surface area is 190 Å². The lowest BCUT2D eigenvalue weighted by molar-refractivity contribution is -0.122. The van der Waals surface area contributed by atoms with Crippen molar-refractivity contribution < 1.29 is 23.9 Å². The van der Waals surface area contributed by atoms with Crippen LogP contribution in [0.15, 0.2) is 24.3 Å². The van der Waals surface area contributed by atoms with Gasteiger partial charge in [-0.05, 0) is 50.3 Å². The quantitative estimate of drug-likeness (QED) is 0.540. The summed E-state index contributed by atoms with van der Waals surface area (Å²) in [7, 11) is 1.32. The molecule has 8 heteroatoms. The van der Waals surface area contributed by atoms with Crippen LogP contribution in [0.2, 0.25) is 0 Å². The topological polar surface area (TPSA) is 92.8 Å². The van der Waals surface area contributed by atoms with E-state index in [2.05, 4.69) is 5.32 Å². The molecule has 1 aromatic carbocycles. The van der Waals surface area contributed by atoms with Crippen LogP contribution in [0.1, 0.15) is 67.2 Å². The van der Waals surface area contributed by atoms with Crippen molar-refractivity contribution in [3.63, 3.8) is 0 Å². The first kappa shape index (κ1) is 22.2. The van der Waals surface area contributed by atoms with Crippen molar-refractivity contribution in [3.05, 3.63) is 51.4 Å². The van der Waals surface area contributed by atoms with Crippen molar-refractivity contribution in [1.82, 2.24) is 4.90 Å². The molecule has 4 rings (SSSR count). The van der Waals surface area contributed by atoms with Crippen LogP contribution in [0.5, 0.6) is 0 Å². The summed E-state index contributed by atoms with van der Waals surface area (Å²) >= 11 is 1.35. The number of benzene rings is 1. The fourth-order valence-electron chi connectivity index (χ4n) is 4.68. The van der Waals surface area contributed by atoms with E-state index in [1.807, 2.05) is 13.8 Å². The van der Waals surface area contributed by atoms with Gasteiger partial charge in [-0.15, -0.1) is 11.3 Å². The fraction of sp³-hybridized carbons (Fsp3) is 0.417. The predicted molar refractivity (Wildman–Crippen MR) is 121 cm³/mol. The van der Waals surface area contributed by atoms with E-state index < -0.39 is 5.97 Å². The van der Waals surface area contributed by atoms with Gasteiger partial charge >= 0.3 is 5.97 Å². The van der Waals surface area contributed by atoms with Crippen LogP contribution in [0.3, 0.4) is 0 Å². The maximum absolute atomic E-state index is 13.3. The number of carbonyl (C=O) groups is 4. The number of fused-ring (bicyclic) bond motifs is 1. The van der Waals surface area contributed by atoms with Crippen molar-refractivity contribution in [3.8, 4) is 0 Å². The molecule has 1 N–H and O–H groups in total. The van der Waals surface area contributed by atoms with Crippen LogP contribution >= 0.6 is 11.3 Å². The second kappa shape index (κ2) is 8.86. The molecular formula is C24H26N2O5S. The Balaban J connectivity index is 1.53. The Morgan fingerprint density at radius 3 is 2.34 bits per heavy atom. The lowest BCUT2D eigenvalue weighted by Gasteiger charge is -2.32. The van der Waals surface area contributed by atoms with Crippen LogP contribution in [0, 0.1) is 25.7 Å². The molecule has 7 nitrogen and oxygen atoms in total. The monoisotopic (exact) mass is 454 g/mol. The zero-order chi connectivity index (χ0) is 23.0. The SMILES string of the molecule is COC(=O)c1c(NC(=O)C2CCCCC2CN2C(=O)c3ccccc3C2=O)sc(C)c1C.